The number of hydrogen-bond acceptors (Lipinski definition) is 3. The predicted octanol–water partition coefficient (Wildman–Crippen LogP) is 2.54. The van der Waals surface area contributed by atoms with Gasteiger partial charge in [0, 0.05) is 11.8 Å². The zero-order chi connectivity index (χ0) is 14.8. The molecule has 9 heteroatoms. The molecule has 1 rings (SSSR count). The highest BCUT2D eigenvalue weighted by Gasteiger charge is 2.63. The number of aromatic hydroxyl groups is 1. The van der Waals surface area contributed by atoms with Crippen LogP contribution in [-0.2, 0) is 4.79 Å². The van der Waals surface area contributed by atoms with Crippen LogP contribution in [0.5, 0.6) is 11.5 Å². The Morgan fingerprint density at radius 2 is 1.84 bits per heavy atom. The van der Waals surface area contributed by atoms with Gasteiger partial charge in [-0.3, -0.25) is 4.79 Å². The summed E-state index contributed by atoms with van der Waals surface area (Å²) in [6.45, 7) is 0. The largest absolute Gasteiger partial charge is 0.504 e. The van der Waals surface area contributed by atoms with Gasteiger partial charge in [0.2, 0.25) is 0 Å². The Morgan fingerprint density at radius 1 is 1.26 bits per heavy atom. The van der Waals surface area contributed by atoms with Gasteiger partial charge in [-0.25, -0.2) is 0 Å². The fourth-order valence-corrected chi connectivity index (χ4v) is 1.11. The number of rotatable bonds is 3. The Kier molecular flexibility index (Phi) is 3.87. The third kappa shape index (κ3) is 3.04. The maximum absolute atomic E-state index is 12.6. The molecule has 19 heavy (non-hydrogen) atoms. The number of carbonyl (C=O) groups is 1. The van der Waals surface area contributed by atoms with Crippen LogP contribution in [0.4, 0.5) is 27.6 Å². The number of anilines is 1. The number of amides is 1. The van der Waals surface area contributed by atoms with E-state index < -0.39 is 29.4 Å². The molecule has 0 bridgehead atoms. The number of alkyl halides is 5. The lowest BCUT2D eigenvalue weighted by Crippen LogP contribution is -2.47. The Balaban J connectivity index is 2.92. The molecule has 0 aliphatic rings. The van der Waals surface area contributed by atoms with Crippen molar-refractivity contribution >= 4 is 11.6 Å². The maximum atomic E-state index is 12.6. The lowest BCUT2D eigenvalue weighted by Gasteiger charge is -2.18. The van der Waals surface area contributed by atoms with Crippen LogP contribution in [0.2, 0.25) is 0 Å². The van der Waals surface area contributed by atoms with E-state index >= 15 is 0 Å². The molecule has 0 aliphatic heterocycles. The second-order valence-corrected chi connectivity index (χ2v) is 3.41. The second-order valence-electron chi connectivity index (χ2n) is 3.41. The molecule has 0 radical (unpaired) electrons. The van der Waals surface area contributed by atoms with Gasteiger partial charge >= 0.3 is 18.0 Å². The zero-order valence-electron chi connectivity index (χ0n) is 9.39. The van der Waals surface area contributed by atoms with Crippen LogP contribution in [-0.4, -0.2) is 30.2 Å². The molecule has 0 aliphatic carbocycles. The van der Waals surface area contributed by atoms with Crippen molar-refractivity contribution in [1.82, 2.24) is 0 Å². The fraction of sp³-hybridized carbons (Fsp3) is 0.300. The number of nitrogens with one attached hydrogen (secondary N) is 1. The first kappa shape index (κ1) is 15.0. The monoisotopic (exact) mass is 285 g/mol. The van der Waals surface area contributed by atoms with Gasteiger partial charge < -0.3 is 15.2 Å². The van der Waals surface area contributed by atoms with Gasteiger partial charge in [-0.2, -0.15) is 22.0 Å². The second kappa shape index (κ2) is 4.90. The first-order valence-corrected chi connectivity index (χ1v) is 4.72. The SMILES string of the molecule is COc1ccc(NC(=O)C(F)(F)C(F)(F)F)cc1O. The molecule has 1 aromatic rings. The van der Waals surface area contributed by atoms with Crippen molar-refractivity contribution in [3.8, 4) is 11.5 Å². The average molecular weight is 285 g/mol. The summed E-state index contributed by atoms with van der Waals surface area (Å²) in [6.07, 6.45) is -5.99. The van der Waals surface area contributed by atoms with Crippen LogP contribution in [0, 0.1) is 0 Å². The highest BCUT2D eigenvalue weighted by molar-refractivity contribution is 5.96. The van der Waals surface area contributed by atoms with Crippen LogP contribution >= 0.6 is 0 Å². The minimum absolute atomic E-state index is 0.0272. The van der Waals surface area contributed by atoms with E-state index in [2.05, 4.69) is 4.74 Å². The third-order valence-corrected chi connectivity index (χ3v) is 2.08. The van der Waals surface area contributed by atoms with Gasteiger partial charge in [-0.05, 0) is 12.1 Å². The Morgan fingerprint density at radius 3 is 2.26 bits per heavy atom. The highest BCUT2D eigenvalue weighted by Crippen LogP contribution is 2.37. The number of phenolic OH excluding ortho intramolecular Hbond substituents is 1. The molecule has 0 saturated heterocycles. The Bertz CT molecular complexity index is 487. The molecular weight excluding hydrogens is 277 g/mol. The number of benzene rings is 1. The van der Waals surface area contributed by atoms with Crippen molar-refractivity contribution in [2.45, 2.75) is 12.1 Å². The molecule has 0 atom stereocenters. The van der Waals surface area contributed by atoms with E-state index in [4.69, 9.17) is 0 Å². The summed E-state index contributed by atoms with van der Waals surface area (Å²) < 4.78 is 65.6. The van der Waals surface area contributed by atoms with Crippen molar-refractivity contribution < 1.29 is 36.6 Å². The van der Waals surface area contributed by atoms with Crippen molar-refractivity contribution in [3.63, 3.8) is 0 Å². The number of methoxy groups -OCH3 is 1. The number of carbonyl (C=O) groups excluding carboxylic acids is 1. The summed E-state index contributed by atoms with van der Waals surface area (Å²) in [4.78, 5) is 10.9. The molecule has 1 aromatic carbocycles. The molecule has 0 aromatic heterocycles. The molecule has 2 N–H and O–H groups in total. The molecular formula is C10H8F5NO3. The van der Waals surface area contributed by atoms with E-state index in [-0.39, 0.29) is 5.75 Å². The quantitative estimate of drug-likeness (QED) is 0.839. The normalized spacial score (nSPS) is 12.1. The topological polar surface area (TPSA) is 58.6 Å². The number of phenols is 1. The van der Waals surface area contributed by atoms with Crippen molar-refractivity contribution in [3.05, 3.63) is 18.2 Å². The van der Waals surface area contributed by atoms with E-state index in [1.807, 2.05) is 0 Å². The van der Waals surface area contributed by atoms with E-state index in [1.165, 1.54) is 12.4 Å². The van der Waals surface area contributed by atoms with Crippen molar-refractivity contribution in [1.29, 1.82) is 0 Å². The summed E-state index contributed by atoms with van der Waals surface area (Å²) in [5.41, 5.74) is -0.424. The molecule has 0 fully saturated rings. The number of halogens is 5. The van der Waals surface area contributed by atoms with Gasteiger partial charge in [0.15, 0.2) is 11.5 Å². The molecule has 0 unspecified atom stereocenters. The fourth-order valence-electron chi connectivity index (χ4n) is 1.11. The first-order valence-electron chi connectivity index (χ1n) is 4.72. The summed E-state index contributed by atoms with van der Waals surface area (Å²) in [7, 11) is 1.21. The predicted molar refractivity (Wildman–Crippen MR) is 54.3 cm³/mol. The smallest absolute Gasteiger partial charge is 0.463 e. The van der Waals surface area contributed by atoms with Crippen LogP contribution in [0.25, 0.3) is 0 Å². The molecule has 1 amide bonds. The number of hydrogen-bond donors (Lipinski definition) is 2. The maximum Gasteiger partial charge on any atom is 0.463 e. The van der Waals surface area contributed by atoms with E-state index in [1.54, 1.807) is 0 Å². The summed E-state index contributed by atoms with van der Waals surface area (Å²) >= 11 is 0. The first-order chi connectivity index (χ1) is 8.59. The lowest BCUT2D eigenvalue weighted by molar-refractivity contribution is -0.267. The molecule has 4 nitrogen and oxygen atoms in total. The minimum atomic E-state index is -5.99. The molecule has 0 saturated carbocycles. The van der Waals surface area contributed by atoms with Crippen LogP contribution in [0.3, 0.4) is 0 Å². The van der Waals surface area contributed by atoms with Crippen molar-refractivity contribution in [2.24, 2.45) is 0 Å². The van der Waals surface area contributed by atoms with E-state index in [9.17, 15) is 31.9 Å². The summed E-state index contributed by atoms with van der Waals surface area (Å²) in [6, 6.07) is 2.88. The standard InChI is InChI=1S/C10H8F5NO3/c1-19-7-3-2-5(4-6(7)17)16-8(18)9(11,12)10(13,14)15/h2-4,17H,1H3,(H,16,18). The van der Waals surface area contributed by atoms with Gasteiger partial charge in [0.05, 0.1) is 7.11 Å². The lowest BCUT2D eigenvalue weighted by atomic mass is 10.2. The highest BCUT2D eigenvalue weighted by atomic mass is 19.4. The van der Waals surface area contributed by atoms with E-state index in [0.717, 1.165) is 18.2 Å². The zero-order valence-corrected chi connectivity index (χ0v) is 9.39. The summed E-state index contributed by atoms with van der Waals surface area (Å²) in [5.74, 6) is -8.61. The Labute approximate surface area is 103 Å². The minimum Gasteiger partial charge on any atom is -0.504 e. The number of ether oxygens (including phenoxy) is 1. The average Bonchev–Trinajstić information content (AvgIpc) is 2.27. The van der Waals surface area contributed by atoms with Crippen LogP contribution in [0.1, 0.15) is 0 Å². The van der Waals surface area contributed by atoms with Crippen LogP contribution in [0.15, 0.2) is 18.2 Å². The van der Waals surface area contributed by atoms with Gasteiger partial charge in [0.1, 0.15) is 0 Å². The van der Waals surface area contributed by atoms with Crippen LogP contribution < -0.4 is 10.1 Å². The summed E-state index contributed by atoms with van der Waals surface area (Å²) in [5, 5.41) is 10.6. The van der Waals surface area contributed by atoms with Crippen molar-refractivity contribution in [2.75, 3.05) is 12.4 Å². The molecule has 106 valence electrons. The molecule has 0 spiro atoms. The van der Waals surface area contributed by atoms with E-state index in [0.29, 0.717) is 0 Å². The Hall–Kier alpha value is -2.06. The van der Waals surface area contributed by atoms with Gasteiger partial charge in [-0.15, -0.1) is 0 Å². The molecule has 0 heterocycles. The third-order valence-electron chi connectivity index (χ3n) is 2.08. The van der Waals surface area contributed by atoms with Gasteiger partial charge in [-0.1, -0.05) is 0 Å². The van der Waals surface area contributed by atoms with Gasteiger partial charge in [0.25, 0.3) is 0 Å².